The summed E-state index contributed by atoms with van der Waals surface area (Å²) >= 11 is 0. The van der Waals surface area contributed by atoms with E-state index in [-0.39, 0.29) is 18.5 Å². The summed E-state index contributed by atoms with van der Waals surface area (Å²) in [4.78, 5) is 15.8. The van der Waals surface area contributed by atoms with Gasteiger partial charge in [0.25, 0.3) is 0 Å². The monoisotopic (exact) mass is 398 g/mol. The van der Waals surface area contributed by atoms with E-state index < -0.39 is 6.10 Å². The molecular formula is C23H30N2O4. The maximum atomic E-state index is 11.5. The van der Waals surface area contributed by atoms with Crippen LogP contribution >= 0.6 is 0 Å². The summed E-state index contributed by atoms with van der Waals surface area (Å²) in [6.07, 6.45) is -0.602. The molecule has 2 aromatic rings. The van der Waals surface area contributed by atoms with Crippen LogP contribution in [-0.4, -0.2) is 67.8 Å². The molecule has 0 amide bonds. The van der Waals surface area contributed by atoms with E-state index in [2.05, 4.69) is 22.8 Å². The fourth-order valence-corrected chi connectivity index (χ4v) is 3.61. The van der Waals surface area contributed by atoms with Crippen molar-refractivity contribution in [3.8, 4) is 11.5 Å². The summed E-state index contributed by atoms with van der Waals surface area (Å²) < 4.78 is 11.8. The number of aliphatic hydroxyl groups excluding tert-OH is 1. The molecule has 29 heavy (non-hydrogen) atoms. The molecule has 0 radical (unpaired) electrons. The number of fused-ring (bicyclic) bond motifs is 1. The molecule has 0 bridgehead atoms. The molecule has 0 saturated carbocycles. The van der Waals surface area contributed by atoms with Gasteiger partial charge in [0, 0.05) is 25.2 Å². The first kappa shape index (κ1) is 21.1. The van der Waals surface area contributed by atoms with E-state index in [0.717, 1.165) is 24.5 Å². The number of anilines is 1. The zero-order chi connectivity index (χ0) is 20.8. The number of rotatable bonds is 9. The van der Waals surface area contributed by atoms with Crippen molar-refractivity contribution in [1.29, 1.82) is 0 Å². The van der Waals surface area contributed by atoms with Crippen LogP contribution in [0.1, 0.15) is 24.2 Å². The molecule has 2 atom stereocenters. The molecule has 1 aliphatic rings. The number of benzene rings is 2. The number of aliphatic hydroxyl groups is 1. The van der Waals surface area contributed by atoms with Crippen LogP contribution < -0.4 is 14.4 Å². The third kappa shape index (κ3) is 5.71. The van der Waals surface area contributed by atoms with Crippen molar-refractivity contribution in [3.63, 3.8) is 0 Å². The van der Waals surface area contributed by atoms with E-state index >= 15 is 0 Å². The lowest BCUT2D eigenvalue weighted by Gasteiger charge is -2.37. The number of ketones is 1. The van der Waals surface area contributed by atoms with Gasteiger partial charge in [0.2, 0.25) is 0 Å². The lowest BCUT2D eigenvalue weighted by atomic mass is 10.1. The highest BCUT2D eigenvalue weighted by Gasteiger charge is 2.26. The lowest BCUT2D eigenvalue weighted by molar-refractivity contribution is 0.0606. The third-order valence-electron chi connectivity index (χ3n) is 5.03. The Kier molecular flexibility index (Phi) is 7.12. The van der Waals surface area contributed by atoms with Gasteiger partial charge in [-0.05, 0) is 45.2 Å². The molecule has 0 aromatic heterocycles. The topological polar surface area (TPSA) is 62.2 Å². The Labute approximate surface area is 172 Å². The van der Waals surface area contributed by atoms with Gasteiger partial charge in [0.15, 0.2) is 5.78 Å². The predicted octanol–water partition coefficient (Wildman–Crippen LogP) is 2.85. The van der Waals surface area contributed by atoms with Crippen molar-refractivity contribution >= 4 is 11.5 Å². The number of carbonyl (C=O) groups excluding carboxylic acids is 1. The summed E-state index contributed by atoms with van der Waals surface area (Å²) in [5.74, 6) is 1.49. The molecule has 3 rings (SSSR count). The summed E-state index contributed by atoms with van der Waals surface area (Å²) in [7, 11) is 1.97. The fourth-order valence-electron chi connectivity index (χ4n) is 3.61. The number of hydrogen-bond acceptors (Lipinski definition) is 6. The summed E-state index contributed by atoms with van der Waals surface area (Å²) in [5.41, 5.74) is 1.74. The minimum atomic E-state index is -0.640. The predicted molar refractivity (Wildman–Crippen MR) is 114 cm³/mol. The molecule has 6 heteroatoms. The molecule has 0 saturated heterocycles. The van der Waals surface area contributed by atoms with Crippen molar-refractivity contribution in [2.75, 3.05) is 44.7 Å². The second-order valence-electron chi connectivity index (χ2n) is 7.52. The third-order valence-corrected chi connectivity index (χ3v) is 5.03. The van der Waals surface area contributed by atoms with E-state index in [1.54, 1.807) is 24.3 Å². The maximum Gasteiger partial charge on any atom is 0.159 e. The maximum absolute atomic E-state index is 11.5. The van der Waals surface area contributed by atoms with Gasteiger partial charge >= 0.3 is 0 Å². The second kappa shape index (κ2) is 9.76. The zero-order valence-electron chi connectivity index (χ0n) is 17.4. The van der Waals surface area contributed by atoms with Crippen molar-refractivity contribution < 1.29 is 19.4 Å². The van der Waals surface area contributed by atoms with Gasteiger partial charge in [-0.3, -0.25) is 9.69 Å². The number of nitrogens with zero attached hydrogens (tertiary/aromatic N) is 2. The smallest absolute Gasteiger partial charge is 0.159 e. The molecule has 2 unspecified atom stereocenters. The molecule has 1 aliphatic heterocycles. The molecule has 0 spiro atoms. The van der Waals surface area contributed by atoms with Crippen molar-refractivity contribution in [1.82, 2.24) is 4.90 Å². The fraction of sp³-hybridized carbons (Fsp3) is 0.435. The Hall–Kier alpha value is -2.57. The van der Waals surface area contributed by atoms with E-state index in [0.29, 0.717) is 24.4 Å². The van der Waals surface area contributed by atoms with Gasteiger partial charge < -0.3 is 19.5 Å². The van der Waals surface area contributed by atoms with Crippen LogP contribution in [0.25, 0.3) is 0 Å². The van der Waals surface area contributed by atoms with E-state index in [1.165, 1.54) is 6.92 Å². The molecular weight excluding hydrogens is 368 g/mol. The summed E-state index contributed by atoms with van der Waals surface area (Å²) in [5, 5.41) is 10.4. The number of para-hydroxylation sites is 2. The van der Waals surface area contributed by atoms with Gasteiger partial charge in [0.05, 0.1) is 12.2 Å². The average molecular weight is 399 g/mol. The van der Waals surface area contributed by atoms with Gasteiger partial charge in [-0.2, -0.15) is 0 Å². The van der Waals surface area contributed by atoms with Crippen LogP contribution in [0.5, 0.6) is 11.5 Å². The number of hydrogen-bond donors (Lipinski definition) is 1. The lowest BCUT2D eigenvalue weighted by Crippen LogP contribution is -2.47. The highest BCUT2D eigenvalue weighted by Crippen LogP contribution is 2.32. The highest BCUT2D eigenvalue weighted by molar-refractivity contribution is 5.94. The van der Waals surface area contributed by atoms with Gasteiger partial charge in [-0.15, -0.1) is 0 Å². The normalized spacial score (nSPS) is 16.9. The van der Waals surface area contributed by atoms with Crippen LogP contribution in [0.3, 0.4) is 0 Å². The Morgan fingerprint density at radius 2 is 2.10 bits per heavy atom. The average Bonchev–Trinajstić information content (AvgIpc) is 2.71. The van der Waals surface area contributed by atoms with E-state index in [4.69, 9.17) is 9.47 Å². The Bertz CT molecular complexity index is 826. The van der Waals surface area contributed by atoms with Gasteiger partial charge in [0.1, 0.15) is 30.3 Å². The number of Topliss-reactive ketones (excluding diaryl/α,β-unsaturated/α-hetero) is 1. The standard InChI is InChI=1S/C23H30N2O4/c1-4-25-15-21(29-23-11-6-5-10-22(23)25)14-24(3)13-19(27)16-28-20-9-7-8-18(12-20)17(2)26/h5-12,19,21,27H,4,13-16H2,1-3H3. The van der Waals surface area contributed by atoms with Crippen molar-refractivity contribution in [2.24, 2.45) is 0 Å². The Morgan fingerprint density at radius 3 is 2.86 bits per heavy atom. The second-order valence-corrected chi connectivity index (χ2v) is 7.52. The van der Waals surface area contributed by atoms with E-state index in [1.807, 2.05) is 25.2 Å². The largest absolute Gasteiger partial charge is 0.491 e. The minimum Gasteiger partial charge on any atom is -0.491 e. The van der Waals surface area contributed by atoms with Crippen molar-refractivity contribution in [2.45, 2.75) is 26.1 Å². The van der Waals surface area contributed by atoms with Gasteiger partial charge in [-0.1, -0.05) is 24.3 Å². The number of likely N-dealkylation sites (N-methyl/N-ethyl adjacent to an activating group) is 2. The summed E-state index contributed by atoms with van der Waals surface area (Å²) in [6.45, 7) is 6.76. The van der Waals surface area contributed by atoms with Crippen LogP contribution in [0.4, 0.5) is 5.69 Å². The summed E-state index contributed by atoms with van der Waals surface area (Å²) in [6, 6.07) is 15.1. The molecule has 0 fully saturated rings. The SMILES string of the molecule is CCN1CC(CN(C)CC(O)COc2cccc(C(C)=O)c2)Oc2ccccc21. The molecule has 2 aromatic carbocycles. The number of ether oxygens (including phenoxy) is 2. The first-order chi connectivity index (χ1) is 14.0. The quantitative estimate of drug-likeness (QED) is 0.656. The van der Waals surface area contributed by atoms with Crippen LogP contribution in [0.2, 0.25) is 0 Å². The Balaban J connectivity index is 1.48. The van der Waals surface area contributed by atoms with Crippen LogP contribution in [0.15, 0.2) is 48.5 Å². The van der Waals surface area contributed by atoms with Crippen LogP contribution in [0, 0.1) is 0 Å². The molecule has 6 nitrogen and oxygen atoms in total. The van der Waals surface area contributed by atoms with Gasteiger partial charge in [-0.25, -0.2) is 0 Å². The molecule has 1 heterocycles. The minimum absolute atomic E-state index is 0.00842. The number of carbonyl (C=O) groups is 1. The molecule has 0 aliphatic carbocycles. The Morgan fingerprint density at radius 1 is 1.31 bits per heavy atom. The van der Waals surface area contributed by atoms with Crippen molar-refractivity contribution in [3.05, 3.63) is 54.1 Å². The molecule has 1 N–H and O–H groups in total. The highest BCUT2D eigenvalue weighted by atomic mass is 16.5. The first-order valence-electron chi connectivity index (χ1n) is 10.1. The zero-order valence-corrected chi connectivity index (χ0v) is 17.4. The molecule has 156 valence electrons. The van der Waals surface area contributed by atoms with Crippen LogP contribution in [-0.2, 0) is 0 Å². The van der Waals surface area contributed by atoms with E-state index in [9.17, 15) is 9.90 Å². The first-order valence-corrected chi connectivity index (χ1v) is 10.1.